The minimum atomic E-state index is -0.434. The molecule has 3 aromatic rings. The number of carbonyl (C=O) groups is 1. The van der Waals surface area contributed by atoms with E-state index in [2.05, 4.69) is 63.2 Å². The van der Waals surface area contributed by atoms with E-state index < -0.39 is 5.97 Å². The largest absolute Gasteiger partial charge is 0.461 e. The number of carbonyl (C=O) groups excluding carboxylic acids is 1. The number of nitrogens with zero attached hydrogens (tertiary/aromatic N) is 3. The molecule has 112 valence electrons. The molecule has 6 heteroatoms. The summed E-state index contributed by atoms with van der Waals surface area (Å²) >= 11 is 2.07. The Labute approximate surface area is 141 Å². The highest BCUT2D eigenvalue weighted by Crippen LogP contribution is 2.18. The Bertz CT molecular complexity index is 829. The van der Waals surface area contributed by atoms with Crippen LogP contribution in [-0.2, 0) is 11.3 Å². The number of halogens is 1. The first-order chi connectivity index (χ1) is 10.7. The van der Waals surface area contributed by atoms with Crippen molar-refractivity contribution in [3.05, 3.63) is 57.4 Å². The summed E-state index contributed by atoms with van der Waals surface area (Å²) in [5.74, 6) is -0.434. The molecule has 0 aliphatic heterocycles. The highest BCUT2D eigenvalue weighted by atomic mass is 127. The van der Waals surface area contributed by atoms with Crippen LogP contribution >= 0.6 is 22.6 Å². The van der Waals surface area contributed by atoms with Crippen LogP contribution in [0.4, 0.5) is 0 Å². The van der Waals surface area contributed by atoms with E-state index in [1.54, 1.807) is 11.6 Å². The molecule has 0 saturated carbocycles. The standard InChI is InChI=1S/C16H14IN3O2/c1-2-22-16(21)14-15(17)20(19-18-14)10-11-7-8-12-5-3-4-6-13(12)9-11/h3-9H,2,10H2,1H3. The number of rotatable bonds is 4. The molecular formula is C16H14IN3O2. The van der Waals surface area contributed by atoms with E-state index in [-0.39, 0.29) is 5.69 Å². The molecule has 0 unspecified atom stereocenters. The minimum absolute atomic E-state index is 0.267. The van der Waals surface area contributed by atoms with Gasteiger partial charge in [-0.1, -0.05) is 41.6 Å². The van der Waals surface area contributed by atoms with E-state index in [4.69, 9.17) is 4.74 Å². The lowest BCUT2D eigenvalue weighted by Gasteiger charge is -2.05. The van der Waals surface area contributed by atoms with E-state index >= 15 is 0 Å². The van der Waals surface area contributed by atoms with E-state index in [0.717, 1.165) is 5.56 Å². The number of esters is 1. The summed E-state index contributed by atoms with van der Waals surface area (Å²) in [5, 5.41) is 10.4. The highest BCUT2D eigenvalue weighted by molar-refractivity contribution is 14.1. The average molecular weight is 407 g/mol. The molecule has 0 bridgehead atoms. The van der Waals surface area contributed by atoms with Gasteiger partial charge in [-0.25, -0.2) is 9.48 Å². The van der Waals surface area contributed by atoms with E-state index in [1.807, 2.05) is 12.1 Å². The van der Waals surface area contributed by atoms with Crippen LogP contribution in [0.5, 0.6) is 0 Å². The fraction of sp³-hybridized carbons (Fsp3) is 0.188. The zero-order valence-electron chi connectivity index (χ0n) is 12.0. The second-order valence-electron chi connectivity index (χ2n) is 4.79. The molecule has 0 fully saturated rings. The van der Waals surface area contributed by atoms with Crippen LogP contribution in [0.3, 0.4) is 0 Å². The van der Waals surface area contributed by atoms with Crippen molar-refractivity contribution < 1.29 is 9.53 Å². The van der Waals surface area contributed by atoms with Gasteiger partial charge < -0.3 is 4.74 Å². The van der Waals surface area contributed by atoms with Gasteiger partial charge >= 0.3 is 5.97 Å². The molecule has 1 aromatic heterocycles. The van der Waals surface area contributed by atoms with Crippen molar-refractivity contribution >= 4 is 39.3 Å². The third kappa shape index (κ3) is 2.96. The zero-order chi connectivity index (χ0) is 15.5. The van der Waals surface area contributed by atoms with E-state index in [1.165, 1.54) is 10.8 Å². The Morgan fingerprint density at radius 2 is 2.00 bits per heavy atom. The van der Waals surface area contributed by atoms with Gasteiger partial charge in [-0.05, 0) is 51.9 Å². The molecule has 0 saturated heterocycles. The van der Waals surface area contributed by atoms with Crippen LogP contribution in [0.2, 0.25) is 0 Å². The molecule has 0 amide bonds. The molecule has 0 atom stereocenters. The molecule has 0 radical (unpaired) electrons. The molecule has 0 N–H and O–H groups in total. The maximum atomic E-state index is 11.8. The fourth-order valence-electron chi connectivity index (χ4n) is 2.24. The second-order valence-corrected chi connectivity index (χ2v) is 5.81. The quantitative estimate of drug-likeness (QED) is 0.492. The Morgan fingerprint density at radius 1 is 1.23 bits per heavy atom. The Hall–Kier alpha value is -1.96. The van der Waals surface area contributed by atoms with Crippen LogP contribution < -0.4 is 0 Å². The SMILES string of the molecule is CCOC(=O)c1nnn(Cc2ccc3ccccc3c2)c1I. The van der Waals surface area contributed by atoms with Gasteiger partial charge in [-0.15, -0.1) is 5.10 Å². The summed E-state index contributed by atoms with van der Waals surface area (Å²) in [4.78, 5) is 11.8. The highest BCUT2D eigenvalue weighted by Gasteiger charge is 2.18. The van der Waals surface area contributed by atoms with Crippen molar-refractivity contribution in [2.75, 3.05) is 6.61 Å². The minimum Gasteiger partial charge on any atom is -0.461 e. The first-order valence-corrected chi connectivity index (χ1v) is 8.00. The zero-order valence-corrected chi connectivity index (χ0v) is 14.1. The van der Waals surface area contributed by atoms with Crippen molar-refractivity contribution in [1.29, 1.82) is 0 Å². The Balaban J connectivity index is 1.87. The third-order valence-electron chi connectivity index (χ3n) is 3.29. The van der Waals surface area contributed by atoms with Crippen molar-refractivity contribution in [3.63, 3.8) is 0 Å². The lowest BCUT2D eigenvalue weighted by atomic mass is 10.1. The molecule has 3 rings (SSSR count). The molecule has 1 heterocycles. The van der Waals surface area contributed by atoms with Crippen LogP contribution in [0.1, 0.15) is 23.0 Å². The van der Waals surface area contributed by atoms with E-state index in [0.29, 0.717) is 16.9 Å². The van der Waals surface area contributed by atoms with Gasteiger partial charge in [0.15, 0.2) is 0 Å². The number of hydrogen-bond donors (Lipinski definition) is 0. The average Bonchev–Trinajstić information content (AvgIpc) is 2.88. The lowest BCUT2D eigenvalue weighted by molar-refractivity contribution is 0.0518. The molecule has 22 heavy (non-hydrogen) atoms. The monoisotopic (exact) mass is 407 g/mol. The first-order valence-electron chi connectivity index (χ1n) is 6.93. The number of aromatic nitrogens is 3. The normalized spacial score (nSPS) is 10.8. The predicted octanol–water partition coefficient (Wildman–Crippen LogP) is 3.26. The van der Waals surface area contributed by atoms with Gasteiger partial charge in [0.1, 0.15) is 3.70 Å². The van der Waals surface area contributed by atoms with Crippen molar-refractivity contribution in [2.24, 2.45) is 0 Å². The van der Waals surface area contributed by atoms with Crippen LogP contribution in [-0.4, -0.2) is 27.6 Å². The summed E-state index contributed by atoms with van der Waals surface area (Å²) in [6, 6.07) is 14.5. The van der Waals surface area contributed by atoms with Gasteiger partial charge in [0.05, 0.1) is 13.2 Å². The van der Waals surface area contributed by atoms with Crippen LogP contribution in [0.15, 0.2) is 42.5 Å². The molecule has 2 aromatic carbocycles. The lowest BCUT2D eigenvalue weighted by Crippen LogP contribution is -2.09. The predicted molar refractivity (Wildman–Crippen MR) is 91.7 cm³/mol. The van der Waals surface area contributed by atoms with Gasteiger partial charge in [-0.2, -0.15) is 0 Å². The summed E-state index contributed by atoms with van der Waals surface area (Å²) in [7, 11) is 0. The van der Waals surface area contributed by atoms with Crippen LogP contribution in [0, 0.1) is 3.70 Å². The molecular weight excluding hydrogens is 393 g/mol. The van der Waals surface area contributed by atoms with Gasteiger partial charge in [0.25, 0.3) is 0 Å². The first kappa shape index (κ1) is 15.0. The number of benzene rings is 2. The summed E-state index contributed by atoms with van der Waals surface area (Å²) in [6.45, 7) is 2.66. The summed E-state index contributed by atoms with van der Waals surface area (Å²) in [6.07, 6.45) is 0. The smallest absolute Gasteiger partial charge is 0.361 e. The second kappa shape index (κ2) is 6.43. The van der Waals surface area contributed by atoms with Crippen LogP contribution in [0.25, 0.3) is 10.8 Å². The summed E-state index contributed by atoms with van der Waals surface area (Å²) < 4.78 is 7.36. The van der Waals surface area contributed by atoms with Crippen molar-refractivity contribution in [1.82, 2.24) is 15.0 Å². The van der Waals surface area contributed by atoms with E-state index in [9.17, 15) is 4.79 Å². The fourth-order valence-corrected chi connectivity index (χ4v) is 2.83. The third-order valence-corrected chi connectivity index (χ3v) is 4.36. The van der Waals surface area contributed by atoms with Gasteiger partial charge in [0, 0.05) is 0 Å². The Morgan fingerprint density at radius 3 is 2.77 bits per heavy atom. The van der Waals surface area contributed by atoms with Gasteiger partial charge in [0.2, 0.25) is 5.69 Å². The maximum absolute atomic E-state index is 11.8. The topological polar surface area (TPSA) is 57.0 Å². The van der Waals surface area contributed by atoms with Gasteiger partial charge in [-0.3, -0.25) is 0 Å². The maximum Gasteiger partial charge on any atom is 0.361 e. The number of hydrogen-bond acceptors (Lipinski definition) is 4. The van der Waals surface area contributed by atoms with Crippen molar-refractivity contribution in [2.45, 2.75) is 13.5 Å². The number of ether oxygens (including phenoxy) is 1. The molecule has 0 aliphatic carbocycles. The molecule has 5 nitrogen and oxygen atoms in total. The number of fused-ring (bicyclic) bond motifs is 1. The summed E-state index contributed by atoms with van der Waals surface area (Å²) in [5.41, 5.74) is 1.38. The van der Waals surface area contributed by atoms with Crippen molar-refractivity contribution in [3.8, 4) is 0 Å². The molecule has 0 aliphatic rings. The molecule has 0 spiro atoms. The Kier molecular flexibility index (Phi) is 4.37.